The molecule has 0 atom stereocenters. The Hall–Kier alpha value is -9.27. The molecule has 5 heterocycles. The minimum atomic E-state index is 0.552. The number of fused-ring (bicyclic) bond motifs is 10. The van der Waals surface area contributed by atoms with Crippen LogP contribution in [0.15, 0.2) is 217 Å². The molecule has 312 valence electrons. The van der Waals surface area contributed by atoms with Crippen LogP contribution in [-0.4, -0.2) is 34.1 Å². The third-order valence-corrected chi connectivity index (χ3v) is 13.0. The van der Waals surface area contributed by atoms with Crippen molar-refractivity contribution in [1.82, 2.24) is 34.1 Å². The first kappa shape index (κ1) is 37.1. The summed E-state index contributed by atoms with van der Waals surface area (Å²) in [6, 6.07) is 73.3. The maximum atomic E-state index is 6.76. The van der Waals surface area contributed by atoms with Crippen LogP contribution in [0, 0.1) is 0 Å². The summed E-state index contributed by atoms with van der Waals surface area (Å²) in [6.45, 7) is 0. The lowest BCUT2D eigenvalue weighted by molar-refractivity contribution is 0.621. The highest BCUT2D eigenvalue weighted by atomic mass is 16.3. The van der Waals surface area contributed by atoms with Crippen LogP contribution in [-0.2, 0) is 0 Å². The Bertz CT molecular complexity index is 4270. The molecule has 0 bridgehead atoms. The van der Waals surface area contributed by atoms with Crippen LogP contribution in [0.5, 0.6) is 0 Å². The molecule has 0 saturated carbocycles. The SMILES string of the molecule is c1ccc(-c2nc3ccc4c5cc(-c6ccc7c(c6)c6ccccc6n7-c6nc(-c7ccccc7)c7ccccc7n6)ccc5n(-c5nc(-c6ccccc6)c6ccccc6n5)c4c3o2)cc1. The summed E-state index contributed by atoms with van der Waals surface area (Å²) in [6.07, 6.45) is 0. The van der Waals surface area contributed by atoms with E-state index in [1.165, 1.54) is 0 Å². The van der Waals surface area contributed by atoms with Crippen LogP contribution in [0.1, 0.15) is 0 Å². The molecule has 0 aliphatic carbocycles. The molecular weight excluding hydrogens is 823 g/mol. The van der Waals surface area contributed by atoms with Gasteiger partial charge in [0.2, 0.25) is 17.8 Å². The average Bonchev–Trinajstić information content (AvgIpc) is 4.09. The molecule has 9 aromatic carbocycles. The molecule has 8 nitrogen and oxygen atoms in total. The fourth-order valence-corrected chi connectivity index (χ4v) is 9.90. The molecule has 0 aliphatic heterocycles. The Morgan fingerprint density at radius 3 is 1.39 bits per heavy atom. The van der Waals surface area contributed by atoms with Gasteiger partial charge in [-0.05, 0) is 77.9 Å². The lowest BCUT2D eigenvalue weighted by atomic mass is 10.0. The van der Waals surface area contributed by atoms with Crippen LogP contribution >= 0.6 is 0 Å². The Morgan fingerprint density at radius 2 is 0.776 bits per heavy atom. The topological polar surface area (TPSA) is 87.5 Å². The largest absolute Gasteiger partial charge is 0.434 e. The second-order valence-electron chi connectivity index (χ2n) is 16.9. The predicted octanol–water partition coefficient (Wildman–Crippen LogP) is 14.6. The molecule has 67 heavy (non-hydrogen) atoms. The molecule has 0 unspecified atom stereocenters. The lowest BCUT2D eigenvalue weighted by Gasteiger charge is -2.12. The molecule has 0 spiro atoms. The van der Waals surface area contributed by atoms with E-state index in [-0.39, 0.29) is 0 Å². The van der Waals surface area contributed by atoms with Crippen molar-refractivity contribution >= 4 is 76.5 Å². The first-order valence-electron chi connectivity index (χ1n) is 22.3. The fraction of sp³-hybridized carbons (Fsp3) is 0. The molecule has 14 aromatic rings. The van der Waals surface area contributed by atoms with Crippen LogP contribution in [0.3, 0.4) is 0 Å². The summed E-state index contributed by atoms with van der Waals surface area (Å²) in [4.78, 5) is 26.1. The molecule has 8 heteroatoms. The molecule has 0 N–H and O–H groups in total. The van der Waals surface area contributed by atoms with E-state index >= 15 is 0 Å². The smallest absolute Gasteiger partial charge is 0.235 e. The van der Waals surface area contributed by atoms with Crippen LogP contribution in [0.4, 0.5) is 0 Å². The molecule has 0 amide bonds. The molecule has 0 fully saturated rings. The highest BCUT2D eigenvalue weighted by Gasteiger charge is 2.24. The van der Waals surface area contributed by atoms with E-state index in [9.17, 15) is 0 Å². The van der Waals surface area contributed by atoms with Gasteiger partial charge in [0.15, 0.2) is 5.58 Å². The average molecular weight is 858 g/mol. The number of nitrogens with zero attached hydrogens (tertiary/aromatic N) is 7. The van der Waals surface area contributed by atoms with Crippen LogP contribution < -0.4 is 0 Å². The summed E-state index contributed by atoms with van der Waals surface area (Å²) in [5.74, 6) is 1.74. The first-order chi connectivity index (χ1) is 33.2. The van der Waals surface area contributed by atoms with Crippen molar-refractivity contribution in [3.05, 3.63) is 212 Å². The standard InChI is InChI=1S/C59H35N7O/c1-4-16-36(17-5-1)53-43-23-10-13-25-47(43)61-58(63-53)65-50-27-15-12-22-41(50)45-34-39(28-32-51(45)65)40-29-33-52-46(35-40)42-30-31-49-56(67-57(60-49)38-20-8-3-9-21-38)55(42)66(52)59-62-48-26-14-11-24-44(48)54(64-59)37-18-6-2-7-19-37/h1-35H. The molecule has 5 aromatic heterocycles. The maximum absolute atomic E-state index is 6.76. The Morgan fingerprint density at radius 1 is 0.299 bits per heavy atom. The number of hydrogen-bond donors (Lipinski definition) is 0. The van der Waals surface area contributed by atoms with Crippen molar-refractivity contribution < 1.29 is 4.42 Å². The summed E-state index contributed by atoms with van der Waals surface area (Å²) in [7, 11) is 0. The van der Waals surface area contributed by atoms with E-state index in [1.807, 2.05) is 78.9 Å². The Balaban J connectivity index is 0.989. The lowest BCUT2D eigenvalue weighted by Crippen LogP contribution is -2.03. The number of para-hydroxylation sites is 3. The Kier molecular flexibility index (Phi) is 8.11. The molecule has 0 saturated heterocycles. The molecule has 0 radical (unpaired) electrons. The van der Waals surface area contributed by atoms with Gasteiger partial charge in [0.1, 0.15) is 11.0 Å². The van der Waals surface area contributed by atoms with Crippen molar-refractivity contribution in [2.75, 3.05) is 0 Å². The minimum absolute atomic E-state index is 0.552. The fourth-order valence-electron chi connectivity index (χ4n) is 9.90. The van der Waals surface area contributed by atoms with Gasteiger partial charge in [0.05, 0.1) is 39.0 Å². The van der Waals surface area contributed by atoms with E-state index in [0.29, 0.717) is 23.4 Å². The second kappa shape index (κ2) is 14.6. The molecule has 14 rings (SSSR count). The van der Waals surface area contributed by atoms with Gasteiger partial charge < -0.3 is 4.42 Å². The molecule has 0 aliphatic rings. The summed E-state index contributed by atoms with van der Waals surface area (Å²) < 4.78 is 11.1. The van der Waals surface area contributed by atoms with E-state index < -0.39 is 0 Å². The summed E-state index contributed by atoms with van der Waals surface area (Å²) in [5.41, 5.74) is 14.0. The number of aromatic nitrogens is 7. The second-order valence-corrected chi connectivity index (χ2v) is 16.9. The zero-order valence-electron chi connectivity index (χ0n) is 35.7. The zero-order chi connectivity index (χ0) is 44.0. The monoisotopic (exact) mass is 857 g/mol. The highest BCUT2D eigenvalue weighted by Crippen LogP contribution is 2.42. The van der Waals surface area contributed by atoms with Crippen molar-refractivity contribution in [1.29, 1.82) is 0 Å². The van der Waals surface area contributed by atoms with Gasteiger partial charge in [-0.1, -0.05) is 146 Å². The van der Waals surface area contributed by atoms with Crippen LogP contribution in [0.2, 0.25) is 0 Å². The van der Waals surface area contributed by atoms with E-state index in [0.717, 1.165) is 110 Å². The van der Waals surface area contributed by atoms with E-state index in [1.54, 1.807) is 0 Å². The quantitative estimate of drug-likeness (QED) is 0.165. The van der Waals surface area contributed by atoms with Gasteiger partial charge in [0, 0.05) is 49.0 Å². The van der Waals surface area contributed by atoms with Crippen LogP contribution in [0.25, 0.3) is 134 Å². The van der Waals surface area contributed by atoms with Gasteiger partial charge in [-0.3, -0.25) is 9.13 Å². The molecular formula is C59H35N7O. The van der Waals surface area contributed by atoms with Gasteiger partial charge in [-0.2, -0.15) is 0 Å². The number of hydrogen-bond acceptors (Lipinski definition) is 6. The minimum Gasteiger partial charge on any atom is -0.434 e. The maximum Gasteiger partial charge on any atom is 0.235 e. The van der Waals surface area contributed by atoms with Gasteiger partial charge in [-0.15, -0.1) is 0 Å². The van der Waals surface area contributed by atoms with Gasteiger partial charge >= 0.3 is 0 Å². The van der Waals surface area contributed by atoms with Crippen molar-refractivity contribution in [2.45, 2.75) is 0 Å². The van der Waals surface area contributed by atoms with Crippen molar-refractivity contribution in [3.8, 4) is 57.0 Å². The first-order valence-corrected chi connectivity index (χ1v) is 22.3. The Labute approximate surface area is 382 Å². The number of oxazole rings is 1. The summed E-state index contributed by atoms with van der Waals surface area (Å²) >= 11 is 0. The van der Waals surface area contributed by atoms with Crippen molar-refractivity contribution in [3.63, 3.8) is 0 Å². The highest BCUT2D eigenvalue weighted by molar-refractivity contribution is 6.18. The van der Waals surface area contributed by atoms with Crippen molar-refractivity contribution in [2.24, 2.45) is 0 Å². The third kappa shape index (κ3) is 5.83. The third-order valence-electron chi connectivity index (χ3n) is 13.0. The normalized spacial score (nSPS) is 11.9. The van der Waals surface area contributed by atoms with E-state index in [2.05, 4.69) is 143 Å². The van der Waals surface area contributed by atoms with E-state index in [4.69, 9.17) is 29.3 Å². The van der Waals surface area contributed by atoms with Gasteiger partial charge in [-0.25, -0.2) is 24.9 Å². The zero-order valence-corrected chi connectivity index (χ0v) is 35.7. The predicted molar refractivity (Wildman–Crippen MR) is 271 cm³/mol. The van der Waals surface area contributed by atoms with Gasteiger partial charge in [0.25, 0.3) is 0 Å². The number of benzene rings is 9. The number of rotatable bonds is 6. The summed E-state index contributed by atoms with van der Waals surface area (Å²) in [5, 5.41) is 6.30.